The van der Waals surface area contributed by atoms with Crippen LogP contribution in [0, 0.1) is 27.7 Å². The van der Waals surface area contributed by atoms with Crippen molar-refractivity contribution in [2.75, 3.05) is 19.6 Å². The number of carbonyl (C=O) groups excluding carboxylic acids is 8. The van der Waals surface area contributed by atoms with Gasteiger partial charge < -0.3 is 0 Å². The van der Waals surface area contributed by atoms with Gasteiger partial charge in [-0.25, -0.2) is 29.6 Å². The normalized spacial score (nSPS) is 15.5. The molecule has 4 aliphatic rings. The van der Waals surface area contributed by atoms with Crippen molar-refractivity contribution in [1.29, 1.82) is 0 Å². The van der Waals surface area contributed by atoms with Crippen molar-refractivity contribution in [3.8, 4) is 0 Å². The van der Waals surface area contributed by atoms with E-state index in [4.69, 9.17) is 0 Å². The zero-order valence-corrected chi connectivity index (χ0v) is 37.6. The van der Waals surface area contributed by atoms with Crippen LogP contribution in [-0.2, 0) is 0 Å². The van der Waals surface area contributed by atoms with Crippen LogP contribution in [0.15, 0.2) is 97.1 Å². The van der Waals surface area contributed by atoms with Crippen molar-refractivity contribution >= 4 is 134 Å². The van der Waals surface area contributed by atoms with Gasteiger partial charge in [0.1, 0.15) is 0 Å². The van der Waals surface area contributed by atoms with Crippen molar-refractivity contribution in [3.05, 3.63) is 164 Å². The maximum absolute atomic E-state index is 14.3. The molecule has 7 aromatic carbocycles. The average Bonchev–Trinajstić information content (AvgIpc) is 3.92. The lowest BCUT2D eigenvalue weighted by Crippen LogP contribution is -2.44. The monoisotopic (exact) mass is 928 g/mol. The number of fused-ring (bicyclic) bond motifs is 2. The minimum Gasteiger partial charge on any atom is -0.268 e. The Kier molecular flexibility index (Phi) is 7.89. The Labute approximate surface area is 391 Å². The topological polar surface area (TPSA) is 175 Å². The molecule has 0 saturated carbocycles. The minimum atomic E-state index is -0.701. The van der Waals surface area contributed by atoms with E-state index in [0.29, 0.717) is 11.0 Å². The van der Waals surface area contributed by atoms with Crippen LogP contribution < -0.4 is 19.6 Å². The maximum Gasteiger partial charge on any atom is 0.267 e. The number of nitrogens with zero attached hydrogens (tertiary/aromatic N) is 6. The van der Waals surface area contributed by atoms with E-state index in [9.17, 15) is 38.4 Å². The van der Waals surface area contributed by atoms with Gasteiger partial charge in [0.05, 0.1) is 31.8 Å². The first-order valence-corrected chi connectivity index (χ1v) is 22.9. The third-order valence-electron chi connectivity index (χ3n) is 13.5. The number of hydrogen-bond donors (Lipinski definition) is 0. The average molecular weight is 929 g/mol. The van der Waals surface area contributed by atoms with Gasteiger partial charge in [-0.2, -0.15) is 0 Å². The first-order valence-electron chi connectivity index (χ1n) is 21.3. The second kappa shape index (κ2) is 13.5. The minimum absolute atomic E-state index is 0.104. The zero-order chi connectivity index (χ0) is 46.9. The van der Waals surface area contributed by atoms with Crippen LogP contribution >= 0.6 is 22.7 Å². The highest BCUT2D eigenvalue weighted by Crippen LogP contribution is 2.44. The molecule has 0 N–H and O–H groups in total. The zero-order valence-electron chi connectivity index (χ0n) is 36.0. The summed E-state index contributed by atoms with van der Waals surface area (Å²) in [4.78, 5) is 127. The fourth-order valence-corrected chi connectivity index (χ4v) is 11.9. The second-order valence-corrected chi connectivity index (χ2v) is 19.3. The predicted octanol–water partition coefficient (Wildman–Crippen LogP) is 9.65. The molecule has 6 heterocycles. The van der Waals surface area contributed by atoms with Crippen molar-refractivity contribution in [2.24, 2.45) is 0 Å². The standard InChI is InChI=1S/C52H28N6O8S2/c1-21-17-35-37(19-23(21)3)67-51(53-35)57-47(63)31-13-9-27-39-28(10-14-32(41(31)39)48(57)64)44(60)55(43(27)59)25-5-7-26(8-6-25)56-45(61)29-11-15-33-42-34(16-12-30(40(29)42)46(56)62)50(66)58(49(33)65)52-54-36-18-22(2)24(4)20-38(36)68-52/h5-20H,1-4H3. The Hall–Kier alpha value is -8.60. The second-order valence-electron chi connectivity index (χ2n) is 17.2. The fraction of sp³-hybridized carbons (Fsp3) is 0.0769. The Morgan fingerprint density at radius 3 is 0.824 bits per heavy atom. The molecule has 2 aromatic heterocycles. The van der Waals surface area contributed by atoms with Gasteiger partial charge in [-0.3, -0.25) is 38.4 Å². The molecule has 68 heavy (non-hydrogen) atoms. The van der Waals surface area contributed by atoms with Gasteiger partial charge >= 0.3 is 0 Å². The number of anilines is 4. The van der Waals surface area contributed by atoms with Crippen molar-refractivity contribution in [3.63, 3.8) is 0 Å². The molecule has 0 radical (unpaired) electrons. The van der Waals surface area contributed by atoms with E-state index >= 15 is 0 Å². The summed E-state index contributed by atoms with van der Waals surface area (Å²) in [5.41, 5.74) is 6.75. The van der Waals surface area contributed by atoms with E-state index in [1.165, 1.54) is 95.5 Å². The molecule has 326 valence electrons. The van der Waals surface area contributed by atoms with E-state index in [0.717, 1.165) is 51.3 Å². The van der Waals surface area contributed by atoms with Gasteiger partial charge in [0.2, 0.25) is 10.3 Å². The summed E-state index contributed by atoms with van der Waals surface area (Å²) in [5, 5.41) is 1.24. The number of aromatic nitrogens is 2. The summed E-state index contributed by atoms with van der Waals surface area (Å²) in [6, 6.07) is 25.3. The number of aryl methyl sites for hydroxylation is 4. The highest BCUT2D eigenvalue weighted by Gasteiger charge is 2.44. The van der Waals surface area contributed by atoms with Gasteiger partial charge in [0.25, 0.3) is 47.3 Å². The summed E-state index contributed by atoms with van der Waals surface area (Å²) < 4.78 is 1.64. The lowest BCUT2D eigenvalue weighted by molar-refractivity contribution is 0.0872. The van der Waals surface area contributed by atoms with Crippen LogP contribution in [0.3, 0.4) is 0 Å². The highest BCUT2D eigenvalue weighted by molar-refractivity contribution is 7.23. The summed E-state index contributed by atoms with van der Waals surface area (Å²) in [6.45, 7) is 7.87. The number of benzene rings is 7. The van der Waals surface area contributed by atoms with Gasteiger partial charge in [0, 0.05) is 66.1 Å². The van der Waals surface area contributed by atoms with Crippen LogP contribution in [0.4, 0.5) is 21.6 Å². The largest absolute Gasteiger partial charge is 0.268 e. The molecule has 0 saturated heterocycles. The number of carbonyl (C=O) groups is 8. The molecule has 0 fully saturated rings. The van der Waals surface area contributed by atoms with Crippen LogP contribution in [0.25, 0.3) is 42.0 Å². The van der Waals surface area contributed by atoms with Crippen LogP contribution in [0.5, 0.6) is 0 Å². The molecule has 16 heteroatoms. The Morgan fingerprint density at radius 1 is 0.324 bits per heavy atom. The van der Waals surface area contributed by atoms with Crippen LogP contribution in [0.2, 0.25) is 0 Å². The number of hydrogen-bond acceptors (Lipinski definition) is 12. The van der Waals surface area contributed by atoms with Gasteiger partial charge in [-0.05, 0) is 147 Å². The van der Waals surface area contributed by atoms with Crippen LogP contribution in [-0.4, -0.2) is 57.2 Å². The molecule has 0 spiro atoms. The lowest BCUT2D eigenvalue weighted by Gasteiger charge is -2.32. The molecule has 0 atom stereocenters. The predicted molar refractivity (Wildman–Crippen MR) is 257 cm³/mol. The van der Waals surface area contributed by atoms with Gasteiger partial charge in [-0.15, -0.1) is 0 Å². The number of rotatable bonds is 4. The number of thiazole rings is 2. The first-order chi connectivity index (χ1) is 32.7. The number of amides is 8. The smallest absolute Gasteiger partial charge is 0.267 e. The molecule has 0 unspecified atom stereocenters. The van der Waals surface area contributed by atoms with E-state index in [-0.39, 0.29) is 87.7 Å². The van der Waals surface area contributed by atoms with Gasteiger partial charge in [-0.1, -0.05) is 22.7 Å². The van der Waals surface area contributed by atoms with E-state index < -0.39 is 47.3 Å². The molecule has 14 nitrogen and oxygen atoms in total. The summed E-state index contributed by atoms with van der Waals surface area (Å²) >= 11 is 2.44. The lowest BCUT2D eigenvalue weighted by atomic mass is 9.85. The molecule has 0 bridgehead atoms. The third kappa shape index (κ3) is 5.09. The highest BCUT2D eigenvalue weighted by atomic mass is 32.1. The van der Waals surface area contributed by atoms with Crippen molar-refractivity contribution < 1.29 is 38.4 Å². The quantitative estimate of drug-likeness (QED) is 0.155. The number of imide groups is 4. The Balaban J connectivity index is 0.810. The van der Waals surface area contributed by atoms with E-state index in [1.807, 2.05) is 52.0 Å². The van der Waals surface area contributed by atoms with Crippen LogP contribution in [0.1, 0.15) is 105 Å². The van der Waals surface area contributed by atoms with E-state index in [1.54, 1.807) is 0 Å². The van der Waals surface area contributed by atoms with Crippen molar-refractivity contribution in [2.45, 2.75) is 27.7 Å². The molecule has 0 aliphatic carbocycles. The summed E-state index contributed by atoms with van der Waals surface area (Å²) in [5.74, 6) is -5.30. The maximum atomic E-state index is 14.3. The molecule has 4 aliphatic heterocycles. The molecule has 8 amide bonds. The molecular formula is C52H28N6O8S2. The third-order valence-corrected chi connectivity index (χ3v) is 15.5. The fourth-order valence-electron chi connectivity index (χ4n) is 9.84. The Bertz CT molecular complexity index is 3580. The van der Waals surface area contributed by atoms with Gasteiger partial charge in [0.15, 0.2) is 0 Å². The first kappa shape index (κ1) is 39.7. The van der Waals surface area contributed by atoms with Crippen molar-refractivity contribution in [1.82, 2.24) is 9.97 Å². The summed E-state index contributed by atoms with van der Waals surface area (Å²) in [6.07, 6.45) is 0. The molecular weight excluding hydrogens is 901 g/mol. The van der Waals surface area contributed by atoms with E-state index in [2.05, 4.69) is 9.97 Å². The molecule has 9 aromatic rings. The Morgan fingerprint density at radius 2 is 0.559 bits per heavy atom. The summed E-state index contributed by atoms with van der Waals surface area (Å²) in [7, 11) is 0. The SMILES string of the molecule is Cc1cc2nc(N3C(=O)c4ccc5c6c(ccc(c46)C3=O)C(=O)N(c3ccc(N4C(=O)c6ccc7c8c(ccc(c68)C4=O)C(=O)N(c4nc6cc(C)c(C)cc6s4)C7=O)cc3)C5=O)sc2cc1C. The molecule has 13 rings (SSSR count).